The molecule has 6 nitrogen and oxygen atoms in total. The maximum absolute atomic E-state index is 8.67. The first-order valence-electron chi connectivity index (χ1n) is 10.0. The molecule has 0 spiro atoms. The summed E-state index contributed by atoms with van der Waals surface area (Å²) in [6.07, 6.45) is 1.90. The summed E-state index contributed by atoms with van der Waals surface area (Å²) in [4.78, 5) is 0. The molecule has 0 amide bonds. The Kier molecular flexibility index (Phi) is 12.6. The second-order valence-corrected chi connectivity index (χ2v) is 25.9. The van der Waals surface area contributed by atoms with Gasteiger partial charge in [0.05, 0.1) is 13.2 Å². The van der Waals surface area contributed by atoms with Crippen LogP contribution in [0.4, 0.5) is 0 Å². The normalized spacial score (nSPS) is 15.8. The van der Waals surface area contributed by atoms with E-state index in [1.54, 1.807) is 0 Å². The van der Waals surface area contributed by atoms with E-state index in [9.17, 15) is 0 Å². The second kappa shape index (κ2) is 12.4. The molecule has 1 unspecified atom stereocenters. The van der Waals surface area contributed by atoms with Crippen molar-refractivity contribution in [3.8, 4) is 0 Å². The van der Waals surface area contributed by atoms with Crippen LogP contribution in [0.15, 0.2) is 0 Å². The molecule has 1 atom stereocenters. The van der Waals surface area contributed by atoms with Crippen LogP contribution in [0.3, 0.4) is 0 Å². The fourth-order valence-corrected chi connectivity index (χ4v) is 20.6. The van der Waals surface area contributed by atoms with Crippen molar-refractivity contribution < 1.29 is 26.9 Å². The maximum Gasteiger partial charge on any atom is 0.318 e. The predicted octanol–water partition coefficient (Wildman–Crippen LogP) is 4.29. The van der Waals surface area contributed by atoms with E-state index in [-0.39, 0.29) is 6.61 Å². The summed E-state index contributed by atoms with van der Waals surface area (Å²) in [5.74, 6) is 0. The molecule has 0 heterocycles. The molecule has 164 valence electrons. The third kappa shape index (κ3) is 17.2. The highest BCUT2D eigenvalue weighted by molar-refractivity contribution is 6.89. The topological polar surface area (TPSA) is 66.4 Å². The van der Waals surface area contributed by atoms with Crippen LogP contribution >= 0.6 is 0 Å². The standard InChI is InChI=1S/C17H44O6Si4/c1-24(2,3)21-26(7,8)23-27(9,22-25(4,5)6)17-16-20-14-11-10-13-19-15-12-18/h18H,10-17H2,1-9H3. The zero-order valence-corrected chi connectivity index (χ0v) is 23.1. The Balaban J connectivity index is 4.50. The molecule has 0 bridgehead atoms. The number of aliphatic hydroxyl groups is 1. The molecule has 10 heteroatoms. The average molecular weight is 457 g/mol. The van der Waals surface area contributed by atoms with Crippen LogP contribution in [0, 0.1) is 0 Å². The minimum absolute atomic E-state index is 0.0812. The van der Waals surface area contributed by atoms with Gasteiger partial charge in [-0.3, -0.25) is 0 Å². The van der Waals surface area contributed by atoms with E-state index in [0.717, 1.165) is 18.9 Å². The monoisotopic (exact) mass is 456 g/mol. The number of hydrogen-bond donors (Lipinski definition) is 1. The first-order chi connectivity index (χ1) is 12.2. The van der Waals surface area contributed by atoms with Crippen LogP contribution in [0.2, 0.25) is 65.0 Å². The summed E-state index contributed by atoms with van der Waals surface area (Å²) in [5.41, 5.74) is 0. The molecule has 0 aromatic rings. The van der Waals surface area contributed by atoms with Gasteiger partial charge < -0.3 is 26.9 Å². The Morgan fingerprint density at radius 3 is 1.52 bits per heavy atom. The lowest BCUT2D eigenvalue weighted by Crippen LogP contribution is -2.57. The Labute approximate surface area is 171 Å². The SMILES string of the molecule is C[Si](C)(C)O[Si](C)(C)O[Si](C)(CCOCCCCOCCO)O[Si](C)(C)C. The quantitative estimate of drug-likeness (QED) is 0.276. The van der Waals surface area contributed by atoms with Crippen LogP contribution in [0.5, 0.6) is 0 Å². The largest absolute Gasteiger partial charge is 0.437 e. The van der Waals surface area contributed by atoms with E-state index in [4.69, 9.17) is 26.9 Å². The van der Waals surface area contributed by atoms with Crippen molar-refractivity contribution in [2.24, 2.45) is 0 Å². The lowest BCUT2D eigenvalue weighted by molar-refractivity contribution is 0.0805. The molecule has 0 aromatic carbocycles. The highest BCUT2D eigenvalue weighted by Gasteiger charge is 2.44. The summed E-state index contributed by atoms with van der Waals surface area (Å²) >= 11 is 0. The van der Waals surface area contributed by atoms with Gasteiger partial charge in [-0.2, -0.15) is 0 Å². The molecule has 0 rings (SSSR count). The molecule has 27 heavy (non-hydrogen) atoms. The fraction of sp³-hybridized carbons (Fsp3) is 1.00. The van der Waals surface area contributed by atoms with Crippen LogP contribution in [-0.4, -0.2) is 71.9 Å². The van der Waals surface area contributed by atoms with Gasteiger partial charge in [0.2, 0.25) is 0 Å². The van der Waals surface area contributed by atoms with Crippen LogP contribution < -0.4 is 0 Å². The summed E-state index contributed by atoms with van der Waals surface area (Å²) in [5, 5.41) is 8.67. The van der Waals surface area contributed by atoms with E-state index in [2.05, 4.69) is 58.9 Å². The van der Waals surface area contributed by atoms with Gasteiger partial charge in [-0.25, -0.2) is 0 Å². The van der Waals surface area contributed by atoms with Gasteiger partial charge in [-0.1, -0.05) is 0 Å². The van der Waals surface area contributed by atoms with Gasteiger partial charge in [0, 0.05) is 25.9 Å². The third-order valence-electron chi connectivity index (χ3n) is 3.30. The van der Waals surface area contributed by atoms with Gasteiger partial charge in [-0.15, -0.1) is 0 Å². The smallest absolute Gasteiger partial charge is 0.318 e. The third-order valence-corrected chi connectivity index (χ3v) is 16.7. The van der Waals surface area contributed by atoms with Crippen molar-refractivity contribution in [1.82, 2.24) is 0 Å². The fourth-order valence-electron chi connectivity index (χ4n) is 2.98. The van der Waals surface area contributed by atoms with Gasteiger partial charge in [0.15, 0.2) is 16.6 Å². The van der Waals surface area contributed by atoms with Crippen molar-refractivity contribution in [1.29, 1.82) is 0 Å². The second-order valence-electron chi connectivity index (χ2n) is 9.47. The molecule has 0 saturated carbocycles. The van der Waals surface area contributed by atoms with Crippen molar-refractivity contribution in [2.75, 3.05) is 33.0 Å². The molecule has 0 radical (unpaired) electrons. The van der Waals surface area contributed by atoms with Gasteiger partial charge >= 0.3 is 17.1 Å². The number of rotatable bonds is 16. The Bertz CT molecular complexity index is 398. The minimum atomic E-state index is -2.36. The lowest BCUT2D eigenvalue weighted by Gasteiger charge is -2.41. The molecule has 0 aliphatic rings. The highest BCUT2D eigenvalue weighted by Crippen LogP contribution is 2.26. The van der Waals surface area contributed by atoms with Crippen molar-refractivity contribution in [2.45, 2.75) is 77.8 Å². The number of hydrogen-bond acceptors (Lipinski definition) is 6. The summed E-state index contributed by atoms with van der Waals surface area (Å²) in [6.45, 7) is 22.2. The van der Waals surface area contributed by atoms with E-state index in [1.165, 1.54) is 0 Å². The molecular weight excluding hydrogens is 413 g/mol. The molecule has 1 N–H and O–H groups in total. The number of ether oxygens (including phenoxy) is 2. The van der Waals surface area contributed by atoms with Gasteiger partial charge in [0.25, 0.3) is 0 Å². The van der Waals surface area contributed by atoms with E-state index in [1.807, 2.05) is 0 Å². The first kappa shape index (κ1) is 27.6. The van der Waals surface area contributed by atoms with Crippen molar-refractivity contribution in [3.05, 3.63) is 0 Å². The van der Waals surface area contributed by atoms with Gasteiger partial charge in [-0.05, 0) is 71.8 Å². The van der Waals surface area contributed by atoms with Crippen LogP contribution in [-0.2, 0) is 21.8 Å². The molecular formula is C17H44O6Si4. The molecule has 0 saturated heterocycles. The summed E-state index contributed by atoms with van der Waals surface area (Å²) in [6, 6.07) is 0.823. The highest BCUT2D eigenvalue weighted by atomic mass is 28.5. The summed E-state index contributed by atoms with van der Waals surface area (Å²) < 4.78 is 30.6. The van der Waals surface area contributed by atoms with Crippen LogP contribution in [0.1, 0.15) is 12.8 Å². The van der Waals surface area contributed by atoms with E-state index < -0.39 is 33.8 Å². The Morgan fingerprint density at radius 2 is 1.07 bits per heavy atom. The Morgan fingerprint density at radius 1 is 0.593 bits per heavy atom. The predicted molar refractivity (Wildman–Crippen MR) is 122 cm³/mol. The zero-order chi connectivity index (χ0) is 21.2. The summed E-state index contributed by atoms with van der Waals surface area (Å²) in [7, 11) is -7.98. The Hall–Kier alpha value is 0.628. The van der Waals surface area contributed by atoms with Crippen molar-refractivity contribution >= 4 is 33.8 Å². The van der Waals surface area contributed by atoms with Crippen LogP contribution in [0.25, 0.3) is 0 Å². The zero-order valence-electron chi connectivity index (χ0n) is 19.1. The lowest BCUT2D eigenvalue weighted by atomic mass is 10.3. The van der Waals surface area contributed by atoms with E-state index >= 15 is 0 Å². The van der Waals surface area contributed by atoms with Crippen molar-refractivity contribution in [3.63, 3.8) is 0 Å². The number of unbranched alkanes of at least 4 members (excludes halogenated alkanes) is 1. The molecule has 0 aliphatic heterocycles. The minimum Gasteiger partial charge on any atom is -0.437 e. The molecule has 0 aromatic heterocycles. The number of aliphatic hydroxyl groups excluding tert-OH is 1. The average Bonchev–Trinajstić information content (AvgIpc) is 2.39. The molecule has 0 aliphatic carbocycles. The van der Waals surface area contributed by atoms with Gasteiger partial charge in [0.1, 0.15) is 0 Å². The van der Waals surface area contributed by atoms with E-state index in [0.29, 0.717) is 26.4 Å². The molecule has 0 fully saturated rings. The first-order valence-corrected chi connectivity index (χ1v) is 22.2. The maximum atomic E-state index is 8.67.